The van der Waals surface area contributed by atoms with Crippen LogP contribution in [0, 0.1) is 0 Å². The molecule has 6 nitrogen and oxygen atoms in total. The van der Waals surface area contributed by atoms with Crippen LogP contribution in [-0.4, -0.2) is 63.5 Å². The number of methoxy groups -OCH3 is 1. The minimum Gasteiger partial charge on any atom is -0.383 e. The first-order valence-electron chi connectivity index (χ1n) is 14.3. The Labute approximate surface area is 222 Å². The molecule has 2 saturated heterocycles. The summed E-state index contributed by atoms with van der Waals surface area (Å²) in [7, 11) is 3.88. The zero-order chi connectivity index (χ0) is 25.8. The first kappa shape index (κ1) is 25.8. The number of anilines is 3. The minimum absolute atomic E-state index is 0.545. The van der Waals surface area contributed by atoms with Crippen LogP contribution >= 0.6 is 0 Å². The van der Waals surface area contributed by atoms with Crippen molar-refractivity contribution in [1.82, 2.24) is 9.97 Å². The van der Waals surface area contributed by atoms with Gasteiger partial charge in [-0.3, -0.25) is 0 Å². The van der Waals surface area contributed by atoms with E-state index in [0.717, 1.165) is 36.8 Å². The highest BCUT2D eigenvalue weighted by molar-refractivity contribution is 5.92. The van der Waals surface area contributed by atoms with Gasteiger partial charge in [-0.15, -0.1) is 0 Å². The maximum absolute atomic E-state index is 5.29. The van der Waals surface area contributed by atoms with E-state index in [1.165, 1.54) is 62.0 Å². The molecular weight excluding hydrogens is 458 g/mol. The molecule has 3 fully saturated rings. The maximum Gasteiger partial charge on any atom is 0.140 e. The topological polar surface area (TPSA) is 44.7 Å². The largest absolute Gasteiger partial charge is 0.383 e. The lowest BCUT2D eigenvalue weighted by atomic mass is 9.87. The number of nitrogens with zero attached hydrogens (tertiary/aromatic N) is 5. The Balaban J connectivity index is 0.00000137. The van der Waals surface area contributed by atoms with Crippen molar-refractivity contribution >= 4 is 28.1 Å². The molecule has 0 bridgehead atoms. The first-order valence-corrected chi connectivity index (χ1v) is 14.3. The number of aromatic nitrogens is 2. The Hall–Kier alpha value is -2.86. The van der Waals surface area contributed by atoms with Crippen molar-refractivity contribution in [3.8, 4) is 0 Å². The van der Waals surface area contributed by atoms with Crippen LogP contribution in [0.15, 0.2) is 42.5 Å². The van der Waals surface area contributed by atoms with Crippen LogP contribution < -0.4 is 14.7 Å². The fourth-order valence-corrected chi connectivity index (χ4v) is 5.56. The fourth-order valence-electron chi connectivity index (χ4n) is 5.56. The number of benzene rings is 2. The summed E-state index contributed by atoms with van der Waals surface area (Å²) in [4.78, 5) is 17.5. The molecule has 0 N–H and O–H groups in total. The third-order valence-corrected chi connectivity index (χ3v) is 8.06. The number of rotatable bonds is 8. The summed E-state index contributed by atoms with van der Waals surface area (Å²) in [5.74, 6) is 3.34. The highest BCUT2D eigenvalue weighted by Gasteiger charge is 2.30. The van der Waals surface area contributed by atoms with E-state index in [1.807, 2.05) is 13.8 Å². The van der Waals surface area contributed by atoms with Crippen molar-refractivity contribution < 1.29 is 4.74 Å². The van der Waals surface area contributed by atoms with Crippen LogP contribution in [0.4, 0.5) is 17.2 Å². The molecule has 6 heteroatoms. The Bertz CT molecular complexity index is 1180. The van der Waals surface area contributed by atoms with E-state index in [4.69, 9.17) is 14.7 Å². The van der Waals surface area contributed by atoms with Crippen molar-refractivity contribution in [2.24, 2.45) is 0 Å². The van der Waals surface area contributed by atoms with Gasteiger partial charge >= 0.3 is 0 Å². The monoisotopic (exact) mass is 501 g/mol. The van der Waals surface area contributed by atoms with Crippen molar-refractivity contribution in [2.45, 2.75) is 57.8 Å². The summed E-state index contributed by atoms with van der Waals surface area (Å²) < 4.78 is 5.29. The van der Waals surface area contributed by atoms with E-state index >= 15 is 0 Å². The quantitative estimate of drug-likeness (QED) is 0.366. The summed E-state index contributed by atoms with van der Waals surface area (Å²) in [6.07, 6.45) is 6.10. The Morgan fingerprint density at radius 3 is 2.32 bits per heavy atom. The third-order valence-electron chi connectivity index (χ3n) is 8.06. The Morgan fingerprint density at radius 2 is 1.65 bits per heavy atom. The van der Waals surface area contributed by atoms with Crippen LogP contribution in [0.2, 0.25) is 0 Å². The molecule has 0 atom stereocenters. The van der Waals surface area contributed by atoms with Gasteiger partial charge in [-0.05, 0) is 67.9 Å². The second-order valence-electron chi connectivity index (χ2n) is 10.5. The highest BCUT2D eigenvalue weighted by atomic mass is 16.5. The predicted octanol–water partition coefficient (Wildman–Crippen LogP) is 6.21. The van der Waals surface area contributed by atoms with Crippen LogP contribution in [0.5, 0.6) is 0 Å². The van der Waals surface area contributed by atoms with Gasteiger partial charge in [0, 0.05) is 69.6 Å². The maximum atomic E-state index is 5.29. The Kier molecular flexibility index (Phi) is 8.14. The van der Waals surface area contributed by atoms with Gasteiger partial charge in [-0.2, -0.15) is 0 Å². The van der Waals surface area contributed by atoms with Crippen molar-refractivity contribution in [2.75, 3.05) is 68.2 Å². The Morgan fingerprint density at radius 1 is 0.892 bits per heavy atom. The van der Waals surface area contributed by atoms with Gasteiger partial charge in [-0.25, -0.2) is 9.97 Å². The zero-order valence-electron chi connectivity index (χ0n) is 23.1. The van der Waals surface area contributed by atoms with E-state index in [2.05, 4.69) is 64.2 Å². The summed E-state index contributed by atoms with van der Waals surface area (Å²) in [6.45, 7) is 10.1. The van der Waals surface area contributed by atoms with Gasteiger partial charge in [0.25, 0.3) is 0 Å². The van der Waals surface area contributed by atoms with Gasteiger partial charge in [0.05, 0.1) is 12.1 Å². The molecule has 6 rings (SSSR count). The molecule has 3 aliphatic rings. The molecule has 0 radical (unpaired) electrons. The van der Waals surface area contributed by atoms with E-state index < -0.39 is 0 Å². The zero-order valence-corrected chi connectivity index (χ0v) is 23.1. The summed E-state index contributed by atoms with van der Waals surface area (Å²) in [5, 5.41) is 1.18. The molecule has 3 heterocycles. The molecular formula is C31H43N5O. The summed E-state index contributed by atoms with van der Waals surface area (Å²) in [6, 6.07) is 15.7. The number of fused-ring (bicyclic) bond motifs is 1. The molecule has 3 aromatic rings. The van der Waals surface area contributed by atoms with Crippen molar-refractivity contribution in [1.29, 1.82) is 0 Å². The summed E-state index contributed by atoms with van der Waals surface area (Å²) >= 11 is 0. The fraction of sp³-hybridized carbons (Fsp3) is 0.548. The van der Waals surface area contributed by atoms with E-state index in [-0.39, 0.29) is 0 Å². The third kappa shape index (κ3) is 5.54. The SMILES string of the molecule is CC.COCCN(C)c1ccc2nc(C3CC3)nc(N3CCC(c4ccccc4N4CCC4)CC3)c2c1. The molecule has 1 saturated carbocycles. The average molecular weight is 502 g/mol. The number of ether oxygens (including phenoxy) is 1. The van der Waals surface area contributed by atoms with Crippen LogP contribution in [0.25, 0.3) is 10.9 Å². The van der Waals surface area contributed by atoms with E-state index in [0.29, 0.717) is 18.4 Å². The second-order valence-corrected chi connectivity index (χ2v) is 10.5. The molecule has 2 aromatic carbocycles. The van der Waals surface area contributed by atoms with Crippen LogP contribution in [-0.2, 0) is 4.74 Å². The molecule has 0 unspecified atom stereocenters. The van der Waals surface area contributed by atoms with Crippen molar-refractivity contribution in [3.63, 3.8) is 0 Å². The average Bonchev–Trinajstić information content (AvgIpc) is 3.77. The van der Waals surface area contributed by atoms with E-state index in [9.17, 15) is 0 Å². The molecule has 0 spiro atoms. The molecule has 0 amide bonds. The highest BCUT2D eigenvalue weighted by Crippen LogP contribution is 2.42. The van der Waals surface area contributed by atoms with Gasteiger partial charge in [0.15, 0.2) is 0 Å². The second kappa shape index (κ2) is 11.7. The number of piperidine rings is 1. The minimum atomic E-state index is 0.545. The van der Waals surface area contributed by atoms with Crippen LogP contribution in [0.1, 0.15) is 69.2 Å². The van der Waals surface area contributed by atoms with Crippen molar-refractivity contribution in [3.05, 3.63) is 53.9 Å². The predicted molar refractivity (Wildman–Crippen MR) is 155 cm³/mol. The standard InChI is InChI=1S/C29H37N5O.C2H6/c1-32(18-19-35-2)23-10-11-26-25(20-23)29(31-28(30-26)22-8-9-22)34-16-12-21(13-17-34)24-6-3-4-7-27(24)33-14-5-15-33;1-2/h3-4,6-7,10-11,20-22H,5,8-9,12-19H2,1-2H3;1-2H3. The normalized spacial score (nSPS) is 17.8. The lowest BCUT2D eigenvalue weighted by molar-refractivity contribution is 0.206. The van der Waals surface area contributed by atoms with Gasteiger partial charge < -0.3 is 19.4 Å². The molecule has 1 aromatic heterocycles. The molecule has 198 valence electrons. The van der Waals surface area contributed by atoms with E-state index in [1.54, 1.807) is 12.7 Å². The first-order chi connectivity index (χ1) is 18.2. The number of hydrogen-bond donors (Lipinski definition) is 0. The van der Waals surface area contributed by atoms with Gasteiger partial charge in [0.2, 0.25) is 0 Å². The molecule has 1 aliphatic carbocycles. The van der Waals surface area contributed by atoms with Gasteiger partial charge in [-0.1, -0.05) is 32.0 Å². The number of hydrogen-bond acceptors (Lipinski definition) is 6. The number of likely N-dealkylation sites (N-methyl/N-ethyl adjacent to an activating group) is 1. The lowest BCUT2D eigenvalue weighted by Crippen LogP contribution is -2.39. The smallest absolute Gasteiger partial charge is 0.140 e. The molecule has 37 heavy (non-hydrogen) atoms. The summed E-state index contributed by atoms with van der Waals surface area (Å²) in [5.41, 5.74) is 5.27. The number of para-hydroxylation sites is 1. The van der Waals surface area contributed by atoms with Crippen LogP contribution in [0.3, 0.4) is 0 Å². The van der Waals surface area contributed by atoms with Gasteiger partial charge in [0.1, 0.15) is 11.6 Å². The lowest BCUT2D eigenvalue weighted by Gasteiger charge is -2.39. The molecule has 2 aliphatic heterocycles.